The molecule has 0 atom stereocenters. The summed E-state index contributed by atoms with van der Waals surface area (Å²) >= 11 is 0. The van der Waals surface area contributed by atoms with Crippen LogP contribution in [0.15, 0.2) is 65.6 Å². The van der Waals surface area contributed by atoms with Gasteiger partial charge in [-0.2, -0.15) is 8.42 Å². The van der Waals surface area contributed by atoms with E-state index in [0.29, 0.717) is 0 Å². The first-order chi connectivity index (χ1) is 10.6. The molecule has 0 amide bonds. The van der Waals surface area contributed by atoms with Gasteiger partial charge in [0.05, 0.1) is 4.90 Å². The van der Waals surface area contributed by atoms with Gasteiger partial charge < -0.3 is 5.32 Å². The summed E-state index contributed by atoms with van der Waals surface area (Å²) < 4.78 is 32.3. The molecule has 2 rings (SSSR count). The number of para-hydroxylation sites is 1. The molecular weight excluding hydrogens is 310 g/mol. The van der Waals surface area contributed by atoms with Crippen molar-refractivity contribution in [1.82, 2.24) is 0 Å². The minimum Gasteiger partial charge on any atom is -0.355 e. The highest BCUT2D eigenvalue weighted by atomic mass is 32.2. The van der Waals surface area contributed by atoms with Crippen LogP contribution >= 0.6 is 0 Å². The van der Waals surface area contributed by atoms with Crippen molar-refractivity contribution in [3.05, 3.63) is 66.2 Å². The average Bonchev–Trinajstić information content (AvgIpc) is 2.47. The summed E-state index contributed by atoms with van der Waals surface area (Å²) in [4.78, 5) is -0.125. The Morgan fingerprint density at radius 2 is 1.74 bits per heavy atom. The Hall–Kier alpha value is -2.11. The van der Waals surface area contributed by atoms with Gasteiger partial charge in [0.15, 0.2) is 0 Å². The number of rotatable bonds is 5. The molecule has 0 bridgehead atoms. The van der Waals surface area contributed by atoms with Crippen LogP contribution in [-0.4, -0.2) is 13.0 Å². The molecule has 0 fully saturated rings. The lowest BCUT2D eigenvalue weighted by molar-refractivity contribution is 0.482. The molecule has 23 heavy (non-hydrogen) atoms. The first-order valence-electron chi connectivity index (χ1n) is 7.22. The van der Waals surface area contributed by atoms with E-state index < -0.39 is 15.5 Å². The molecule has 0 aliphatic heterocycles. The van der Waals surface area contributed by atoms with Gasteiger partial charge in [0.1, 0.15) is 0 Å². The second-order valence-electron chi connectivity index (χ2n) is 6.08. The highest BCUT2D eigenvalue weighted by Gasteiger charge is 2.26. The molecule has 2 aromatic rings. The molecule has 122 valence electrons. The van der Waals surface area contributed by atoms with Crippen LogP contribution in [0.1, 0.15) is 26.3 Å². The molecule has 4 nitrogen and oxygen atoms in total. The van der Waals surface area contributed by atoms with Gasteiger partial charge in [-0.1, -0.05) is 44.2 Å². The largest absolute Gasteiger partial charge is 0.355 e. The van der Waals surface area contributed by atoms with Crippen molar-refractivity contribution >= 4 is 21.5 Å². The highest BCUT2D eigenvalue weighted by Crippen LogP contribution is 2.37. The Balaban J connectivity index is 2.60. The Morgan fingerprint density at radius 1 is 1.13 bits per heavy atom. The summed E-state index contributed by atoms with van der Waals surface area (Å²) in [6.07, 6.45) is 0. The summed E-state index contributed by atoms with van der Waals surface area (Å²) in [5.41, 5.74) is 2.85. The third kappa shape index (κ3) is 3.81. The van der Waals surface area contributed by atoms with Gasteiger partial charge >= 0.3 is 0 Å². The number of anilines is 2. The van der Waals surface area contributed by atoms with Crippen LogP contribution in [0.2, 0.25) is 0 Å². The molecule has 0 saturated heterocycles. The molecule has 5 heteroatoms. The molecule has 0 unspecified atom stereocenters. The van der Waals surface area contributed by atoms with Gasteiger partial charge in [-0.15, -0.1) is 0 Å². The Kier molecular flexibility index (Phi) is 4.63. The van der Waals surface area contributed by atoms with Crippen LogP contribution in [0.25, 0.3) is 0 Å². The molecule has 0 aromatic heterocycles. The maximum absolute atomic E-state index is 11.5. The number of hydrogen-bond donors (Lipinski definition) is 2. The second-order valence-corrected chi connectivity index (χ2v) is 7.50. The van der Waals surface area contributed by atoms with Crippen LogP contribution in [0, 0.1) is 0 Å². The minimum absolute atomic E-state index is 0.125. The van der Waals surface area contributed by atoms with Gasteiger partial charge in [-0.25, -0.2) is 0 Å². The molecular formula is C18H21NO3S. The fraction of sp³-hybridized carbons (Fsp3) is 0.222. The fourth-order valence-electron chi connectivity index (χ4n) is 2.22. The maximum atomic E-state index is 11.5. The quantitative estimate of drug-likeness (QED) is 0.624. The minimum atomic E-state index is -4.26. The van der Waals surface area contributed by atoms with Gasteiger partial charge in [-0.3, -0.25) is 4.55 Å². The van der Waals surface area contributed by atoms with E-state index in [9.17, 15) is 13.0 Å². The zero-order valence-corrected chi connectivity index (χ0v) is 14.3. The van der Waals surface area contributed by atoms with Crippen molar-refractivity contribution in [2.24, 2.45) is 0 Å². The average molecular weight is 331 g/mol. The molecule has 0 radical (unpaired) electrons. The molecule has 2 N–H and O–H groups in total. The Bertz CT molecular complexity index is 825. The Morgan fingerprint density at radius 3 is 2.26 bits per heavy atom. The van der Waals surface area contributed by atoms with Crippen LogP contribution < -0.4 is 5.32 Å². The third-order valence-corrected chi connectivity index (χ3v) is 4.93. The number of allylic oxidation sites excluding steroid dienone is 1. The maximum Gasteiger partial charge on any atom is 0.294 e. The molecule has 0 spiro atoms. The molecule has 0 aliphatic rings. The Labute approximate surface area is 137 Å². The van der Waals surface area contributed by atoms with E-state index >= 15 is 0 Å². The third-order valence-electron chi connectivity index (χ3n) is 4.08. The van der Waals surface area contributed by atoms with Crippen molar-refractivity contribution in [3.8, 4) is 0 Å². The van der Waals surface area contributed by atoms with Crippen molar-refractivity contribution in [1.29, 1.82) is 0 Å². The zero-order valence-electron chi connectivity index (χ0n) is 13.5. The van der Waals surface area contributed by atoms with Crippen LogP contribution in [0.3, 0.4) is 0 Å². The summed E-state index contributed by atoms with van der Waals surface area (Å²) in [6.45, 7) is 9.83. The summed E-state index contributed by atoms with van der Waals surface area (Å²) in [6, 6.07) is 14.1. The van der Waals surface area contributed by atoms with Gasteiger partial charge in [0.2, 0.25) is 0 Å². The van der Waals surface area contributed by atoms with Crippen molar-refractivity contribution in [3.63, 3.8) is 0 Å². The highest BCUT2D eigenvalue weighted by molar-refractivity contribution is 7.85. The normalized spacial score (nSPS) is 12.0. The van der Waals surface area contributed by atoms with Crippen molar-refractivity contribution in [2.45, 2.75) is 31.1 Å². The zero-order chi connectivity index (χ0) is 17.3. The van der Waals surface area contributed by atoms with E-state index in [1.807, 2.05) is 51.1 Å². The SMILES string of the molecule is C=C(C)C(C)(C)c1cc(S(=O)(=O)O)ccc1Nc1ccccc1. The molecule has 2 aromatic carbocycles. The number of benzene rings is 2. The second kappa shape index (κ2) is 6.18. The van der Waals surface area contributed by atoms with Gasteiger partial charge in [0, 0.05) is 16.8 Å². The first kappa shape index (κ1) is 17.2. The van der Waals surface area contributed by atoms with Gasteiger partial charge in [-0.05, 0) is 42.8 Å². The monoisotopic (exact) mass is 331 g/mol. The fourth-order valence-corrected chi connectivity index (χ4v) is 2.72. The van der Waals surface area contributed by atoms with Crippen molar-refractivity contribution in [2.75, 3.05) is 5.32 Å². The summed E-state index contributed by atoms with van der Waals surface area (Å²) in [7, 11) is -4.26. The lowest BCUT2D eigenvalue weighted by atomic mass is 9.78. The molecule has 0 saturated carbocycles. The predicted molar refractivity (Wildman–Crippen MR) is 93.8 cm³/mol. The van der Waals surface area contributed by atoms with E-state index in [1.165, 1.54) is 12.1 Å². The van der Waals surface area contributed by atoms with Crippen LogP contribution in [0.4, 0.5) is 11.4 Å². The lowest BCUT2D eigenvalue weighted by Crippen LogP contribution is -2.20. The molecule has 0 aliphatic carbocycles. The number of hydrogen-bond acceptors (Lipinski definition) is 3. The topological polar surface area (TPSA) is 66.4 Å². The van der Waals surface area contributed by atoms with E-state index in [1.54, 1.807) is 6.07 Å². The lowest BCUT2D eigenvalue weighted by Gasteiger charge is -2.29. The summed E-state index contributed by atoms with van der Waals surface area (Å²) in [5.74, 6) is 0. The smallest absolute Gasteiger partial charge is 0.294 e. The number of nitrogens with one attached hydrogen (secondary N) is 1. The predicted octanol–water partition coefficient (Wildman–Crippen LogP) is 4.53. The van der Waals surface area contributed by atoms with E-state index in [-0.39, 0.29) is 4.90 Å². The first-order valence-corrected chi connectivity index (χ1v) is 8.66. The summed E-state index contributed by atoms with van der Waals surface area (Å²) in [5, 5.41) is 3.29. The van der Waals surface area contributed by atoms with Crippen molar-refractivity contribution < 1.29 is 13.0 Å². The van der Waals surface area contributed by atoms with E-state index in [4.69, 9.17) is 0 Å². The van der Waals surface area contributed by atoms with Crippen LogP contribution in [0.5, 0.6) is 0 Å². The van der Waals surface area contributed by atoms with E-state index in [0.717, 1.165) is 22.5 Å². The molecule has 0 heterocycles. The van der Waals surface area contributed by atoms with E-state index in [2.05, 4.69) is 11.9 Å². The van der Waals surface area contributed by atoms with Crippen LogP contribution in [-0.2, 0) is 15.5 Å². The standard InChI is InChI=1S/C18H21NO3S/c1-13(2)18(3,4)16-12-15(23(20,21)22)10-11-17(16)19-14-8-6-5-7-9-14/h5-12,19H,1H2,2-4H3,(H,20,21,22). The van der Waals surface area contributed by atoms with Gasteiger partial charge in [0.25, 0.3) is 10.1 Å².